The molecular formula is C22H24N2O2. The van der Waals surface area contributed by atoms with Crippen LogP contribution in [0.5, 0.6) is 0 Å². The molecule has 1 N–H and O–H groups in total. The quantitative estimate of drug-likeness (QED) is 0.836. The molecule has 5 rings (SSSR count). The average Bonchev–Trinajstić information content (AvgIpc) is 3.07. The van der Waals surface area contributed by atoms with E-state index < -0.39 is 11.3 Å². The van der Waals surface area contributed by atoms with Gasteiger partial charge in [-0.3, -0.25) is 4.90 Å². The van der Waals surface area contributed by atoms with E-state index in [-0.39, 0.29) is 0 Å². The first kappa shape index (κ1) is 15.9. The van der Waals surface area contributed by atoms with E-state index in [0.717, 1.165) is 41.9 Å². The summed E-state index contributed by atoms with van der Waals surface area (Å²) in [4.78, 5) is 8.30. The van der Waals surface area contributed by atoms with E-state index in [1.807, 2.05) is 18.2 Å². The highest BCUT2D eigenvalue weighted by molar-refractivity contribution is 6.14. The molecule has 3 aliphatic rings. The number of rotatable bonds is 1. The van der Waals surface area contributed by atoms with Gasteiger partial charge >= 0.3 is 0 Å². The lowest BCUT2D eigenvalue weighted by atomic mass is 9.75. The summed E-state index contributed by atoms with van der Waals surface area (Å²) in [7, 11) is 0. The molecule has 4 heteroatoms. The van der Waals surface area contributed by atoms with Crippen molar-refractivity contribution in [2.75, 3.05) is 4.90 Å². The Labute approximate surface area is 154 Å². The summed E-state index contributed by atoms with van der Waals surface area (Å²) in [6.45, 7) is 6.36. The smallest absolute Gasteiger partial charge is 0.248 e. The molecule has 0 saturated heterocycles. The van der Waals surface area contributed by atoms with Crippen LogP contribution in [0.15, 0.2) is 41.6 Å². The van der Waals surface area contributed by atoms with Crippen molar-refractivity contribution in [1.82, 2.24) is 0 Å². The van der Waals surface area contributed by atoms with Crippen molar-refractivity contribution >= 4 is 11.5 Å². The van der Waals surface area contributed by atoms with Crippen LogP contribution in [0.4, 0.5) is 5.69 Å². The van der Waals surface area contributed by atoms with Gasteiger partial charge in [-0.05, 0) is 57.2 Å². The molecule has 2 aliphatic heterocycles. The van der Waals surface area contributed by atoms with Crippen molar-refractivity contribution in [3.8, 4) is 0 Å². The maximum atomic E-state index is 11.7. The molecule has 2 atom stereocenters. The molecule has 2 heterocycles. The van der Waals surface area contributed by atoms with Crippen LogP contribution in [0.3, 0.4) is 0 Å². The Balaban J connectivity index is 1.74. The third-order valence-corrected chi connectivity index (χ3v) is 6.30. The molecule has 134 valence electrons. The number of hydrogen-bond acceptors (Lipinski definition) is 4. The number of amidine groups is 1. The first-order chi connectivity index (χ1) is 12.5. The SMILES string of the molecule is Cc1cc(C)c(C2=NOC34CCCCC3(O)c3ccccc3N24)c(C)c1. The van der Waals surface area contributed by atoms with Crippen LogP contribution in [0.1, 0.15) is 53.5 Å². The lowest BCUT2D eigenvalue weighted by Gasteiger charge is -2.44. The molecule has 2 aromatic rings. The summed E-state index contributed by atoms with van der Waals surface area (Å²) in [6.07, 6.45) is 3.51. The molecule has 2 unspecified atom stereocenters. The fourth-order valence-corrected chi connectivity index (χ4v) is 5.30. The van der Waals surface area contributed by atoms with Crippen LogP contribution in [0, 0.1) is 20.8 Å². The van der Waals surface area contributed by atoms with Gasteiger partial charge in [0, 0.05) is 17.5 Å². The van der Waals surface area contributed by atoms with Crippen molar-refractivity contribution < 1.29 is 9.94 Å². The van der Waals surface area contributed by atoms with Crippen molar-refractivity contribution in [3.05, 3.63) is 64.2 Å². The number of benzene rings is 2. The lowest BCUT2D eigenvalue weighted by Crippen LogP contribution is -2.59. The van der Waals surface area contributed by atoms with Gasteiger partial charge in [-0.1, -0.05) is 41.1 Å². The van der Waals surface area contributed by atoms with Crippen LogP contribution in [-0.4, -0.2) is 16.7 Å². The Morgan fingerprint density at radius 2 is 1.73 bits per heavy atom. The molecule has 1 spiro atoms. The maximum Gasteiger partial charge on any atom is 0.248 e. The zero-order chi connectivity index (χ0) is 18.1. The molecule has 2 aromatic carbocycles. The molecular weight excluding hydrogens is 324 g/mol. The monoisotopic (exact) mass is 348 g/mol. The minimum Gasteiger partial charge on any atom is -0.379 e. The van der Waals surface area contributed by atoms with E-state index in [9.17, 15) is 5.11 Å². The fourth-order valence-electron chi connectivity index (χ4n) is 5.30. The predicted molar refractivity (Wildman–Crippen MR) is 102 cm³/mol. The Kier molecular flexibility index (Phi) is 3.12. The van der Waals surface area contributed by atoms with E-state index in [0.29, 0.717) is 6.42 Å². The number of anilines is 1. The normalized spacial score (nSPS) is 28.9. The van der Waals surface area contributed by atoms with Gasteiger partial charge in [0.2, 0.25) is 5.72 Å². The number of para-hydroxylation sites is 1. The molecule has 1 saturated carbocycles. The van der Waals surface area contributed by atoms with E-state index in [1.165, 1.54) is 16.7 Å². The first-order valence-corrected chi connectivity index (χ1v) is 9.44. The number of nitrogens with zero attached hydrogens (tertiary/aromatic N) is 2. The highest BCUT2D eigenvalue weighted by Crippen LogP contribution is 2.60. The molecule has 0 aromatic heterocycles. The van der Waals surface area contributed by atoms with E-state index in [4.69, 9.17) is 4.84 Å². The fraction of sp³-hybridized carbons (Fsp3) is 0.409. The van der Waals surface area contributed by atoms with Crippen LogP contribution in [-0.2, 0) is 10.4 Å². The lowest BCUT2D eigenvalue weighted by molar-refractivity contribution is -0.187. The van der Waals surface area contributed by atoms with Gasteiger partial charge in [0.05, 0.1) is 5.69 Å². The van der Waals surface area contributed by atoms with E-state index >= 15 is 0 Å². The van der Waals surface area contributed by atoms with Crippen molar-refractivity contribution in [2.24, 2.45) is 5.16 Å². The Morgan fingerprint density at radius 3 is 2.50 bits per heavy atom. The Morgan fingerprint density at radius 1 is 1.04 bits per heavy atom. The van der Waals surface area contributed by atoms with Crippen molar-refractivity contribution in [3.63, 3.8) is 0 Å². The van der Waals surface area contributed by atoms with Crippen molar-refractivity contribution in [2.45, 2.75) is 57.8 Å². The maximum absolute atomic E-state index is 11.7. The highest BCUT2D eigenvalue weighted by Gasteiger charge is 2.68. The van der Waals surface area contributed by atoms with Gasteiger partial charge in [-0.25, -0.2) is 0 Å². The molecule has 0 bridgehead atoms. The zero-order valence-corrected chi connectivity index (χ0v) is 15.5. The summed E-state index contributed by atoms with van der Waals surface area (Å²) >= 11 is 0. The van der Waals surface area contributed by atoms with Crippen LogP contribution >= 0.6 is 0 Å². The second-order valence-corrected chi connectivity index (χ2v) is 7.98. The van der Waals surface area contributed by atoms with Gasteiger partial charge in [-0.2, -0.15) is 0 Å². The minimum absolute atomic E-state index is 0.704. The minimum atomic E-state index is -1.01. The Bertz CT molecular complexity index is 928. The standard InChI is InChI=1S/C22H24N2O2/c1-14-12-15(2)19(16(3)13-14)20-23-26-22-11-7-6-10-21(22,25)17-8-4-5-9-18(17)24(20)22/h4-5,8-9,12-13,25H,6-7,10-11H2,1-3H3. The third-order valence-electron chi connectivity index (χ3n) is 6.30. The van der Waals surface area contributed by atoms with E-state index in [1.54, 1.807) is 0 Å². The number of fused-ring (bicyclic) bond motifs is 3. The number of hydrogen-bond donors (Lipinski definition) is 1. The predicted octanol–water partition coefficient (Wildman–Crippen LogP) is 4.28. The second-order valence-electron chi connectivity index (χ2n) is 7.98. The molecule has 0 amide bonds. The number of oxime groups is 1. The summed E-state index contributed by atoms with van der Waals surface area (Å²) in [6, 6.07) is 12.5. The number of aryl methyl sites for hydroxylation is 3. The topological polar surface area (TPSA) is 45.1 Å². The third kappa shape index (κ3) is 1.75. The first-order valence-electron chi connectivity index (χ1n) is 9.44. The molecule has 4 nitrogen and oxygen atoms in total. The molecule has 1 aliphatic carbocycles. The molecule has 26 heavy (non-hydrogen) atoms. The average molecular weight is 348 g/mol. The van der Waals surface area contributed by atoms with Gasteiger partial charge in [0.25, 0.3) is 0 Å². The summed E-state index contributed by atoms with van der Waals surface area (Å²) in [5.41, 5.74) is 4.89. The van der Waals surface area contributed by atoms with Gasteiger partial charge in [-0.15, -0.1) is 0 Å². The van der Waals surface area contributed by atoms with Crippen LogP contribution < -0.4 is 4.90 Å². The number of aliphatic hydroxyl groups is 1. The second kappa shape index (κ2) is 5.10. The zero-order valence-electron chi connectivity index (χ0n) is 15.5. The van der Waals surface area contributed by atoms with Gasteiger partial charge < -0.3 is 9.94 Å². The van der Waals surface area contributed by atoms with Crippen molar-refractivity contribution in [1.29, 1.82) is 0 Å². The summed E-state index contributed by atoms with van der Waals surface area (Å²) in [5.74, 6) is 0.824. The van der Waals surface area contributed by atoms with Crippen LogP contribution in [0.25, 0.3) is 0 Å². The summed E-state index contributed by atoms with van der Waals surface area (Å²) in [5, 5.41) is 16.3. The largest absolute Gasteiger partial charge is 0.379 e. The Hall–Kier alpha value is -2.33. The highest BCUT2D eigenvalue weighted by atomic mass is 16.7. The molecule has 0 radical (unpaired) electrons. The molecule has 1 fully saturated rings. The van der Waals surface area contributed by atoms with Gasteiger partial charge in [0.15, 0.2) is 11.4 Å². The van der Waals surface area contributed by atoms with E-state index in [2.05, 4.69) is 49.0 Å². The van der Waals surface area contributed by atoms with Gasteiger partial charge in [0.1, 0.15) is 0 Å². The van der Waals surface area contributed by atoms with Crippen LogP contribution in [0.2, 0.25) is 0 Å². The summed E-state index contributed by atoms with van der Waals surface area (Å²) < 4.78 is 0.